The van der Waals surface area contributed by atoms with E-state index in [0.29, 0.717) is 5.54 Å². The lowest BCUT2D eigenvalue weighted by Crippen LogP contribution is -2.57. The van der Waals surface area contributed by atoms with E-state index in [1.54, 1.807) is 0 Å². The third kappa shape index (κ3) is 6.00. The van der Waals surface area contributed by atoms with Gasteiger partial charge in [0.15, 0.2) is 0 Å². The van der Waals surface area contributed by atoms with Crippen molar-refractivity contribution in [3.8, 4) is 0 Å². The van der Waals surface area contributed by atoms with Gasteiger partial charge >= 0.3 is 0 Å². The lowest BCUT2D eigenvalue weighted by Gasteiger charge is -2.47. The lowest BCUT2D eigenvalue weighted by atomic mass is 9.85. The van der Waals surface area contributed by atoms with Crippen molar-refractivity contribution in [3.63, 3.8) is 0 Å². The molecule has 23 heavy (non-hydrogen) atoms. The predicted octanol–water partition coefficient (Wildman–Crippen LogP) is 3.16. The minimum atomic E-state index is 0.321. The molecule has 2 saturated heterocycles. The first-order chi connectivity index (χ1) is 11.3. The maximum Gasteiger partial charge on any atom is 0.0651 e. The summed E-state index contributed by atoms with van der Waals surface area (Å²) in [6.45, 7) is 14.2. The average Bonchev–Trinajstić information content (AvgIpc) is 2.59. The maximum absolute atomic E-state index is 5.90. The van der Waals surface area contributed by atoms with Gasteiger partial charge in [-0.05, 0) is 38.8 Å². The van der Waals surface area contributed by atoms with E-state index < -0.39 is 0 Å². The lowest BCUT2D eigenvalue weighted by molar-refractivity contribution is -0.0790. The van der Waals surface area contributed by atoms with Gasteiger partial charge in [-0.1, -0.05) is 33.1 Å². The van der Waals surface area contributed by atoms with E-state index in [9.17, 15) is 0 Å². The Bertz CT molecular complexity index is 304. The van der Waals surface area contributed by atoms with Gasteiger partial charge in [0.1, 0.15) is 0 Å². The minimum Gasteiger partial charge on any atom is -0.379 e. The first kappa shape index (κ1) is 19.2. The van der Waals surface area contributed by atoms with Crippen molar-refractivity contribution in [2.45, 2.75) is 64.3 Å². The van der Waals surface area contributed by atoms with Gasteiger partial charge < -0.3 is 9.47 Å². The van der Waals surface area contributed by atoms with Crippen LogP contribution in [0.4, 0.5) is 0 Å². The summed E-state index contributed by atoms with van der Waals surface area (Å²) in [5, 5.41) is 0. The van der Waals surface area contributed by atoms with Gasteiger partial charge in [-0.3, -0.25) is 9.80 Å². The molecule has 0 aromatic carbocycles. The molecule has 0 aromatic rings. The van der Waals surface area contributed by atoms with Crippen LogP contribution in [0.2, 0.25) is 0 Å². The van der Waals surface area contributed by atoms with Crippen molar-refractivity contribution in [2.75, 3.05) is 59.2 Å². The summed E-state index contributed by atoms with van der Waals surface area (Å²) in [6.07, 6.45) is 9.10. The quantitative estimate of drug-likeness (QED) is 0.576. The number of morpholine rings is 2. The summed E-state index contributed by atoms with van der Waals surface area (Å²) in [7, 11) is 0. The summed E-state index contributed by atoms with van der Waals surface area (Å²) >= 11 is 0. The standard InChI is InChI=1S/C19H38N2O2/c1-3-5-9-19(8-4-2)18-23-17-14-21(19)11-7-6-10-20-12-15-22-16-13-20/h3-18H2,1-2H3. The van der Waals surface area contributed by atoms with Gasteiger partial charge in [0.25, 0.3) is 0 Å². The zero-order valence-electron chi connectivity index (χ0n) is 15.5. The van der Waals surface area contributed by atoms with Crippen molar-refractivity contribution >= 4 is 0 Å². The summed E-state index contributed by atoms with van der Waals surface area (Å²) in [6, 6.07) is 0. The third-order valence-electron chi connectivity index (χ3n) is 5.51. The van der Waals surface area contributed by atoms with Gasteiger partial charge in [-0.15, -0.1) is 0 Å². The molecule has 4 nitrogen and oxygen atoms in total. The van der Waals surface area contributed by atoms with Crippen molar-refractivity contribution in [1.82, 2.24) is 9.80 Å². The molecule has 0 amide bonds. The topological polar surface area (TPSA) is 24.9 Å². The number of unbranched alkanes of at least 4 members (excludes halogenated alkanes) is 2. The van der Waals surface area contributed by atoms with Gasteiger partial charge in [0, 0.05) is 25.2 Å². The summed E-state index contributed by atoms with van der Waals surface area (Å²) < 4.78 is 11.3. The number of ether oxygens (including phenoxy) is 2. The Labute approximate surface area is 143 Å². The molecule has 0 N–H and O–H groups in total. The van der Waals surface area contributed by atoms with Crippen LogP contribution in [0.15, 0.2) is 0 Å². The normalized spacial score (nSPS) is 27.4. The monoisotopic (exact) mass is 326 g/mol. The highest BCUT2D eigenvalue weighted by Gasteiger charge is 2.37. The Kier molecular flexibility index (Phi) is 8.88. The SMILES string of the molecule is CCCCC1(CCC)COCCN1CCCCN1CCOCC1. The molecule has 0 spiro atoms. The molecule has 2 fully saturated rings. The predicted molar refractivity (Wildman–Crippen MR) is 96.0 cm³/mol. The van der Waals surface area contributed by atoms with Crippen LogP contribution < -0.4 is 0 Å². The zero-order chi connectivity index (χ0) is 16.4. The zero-order valence-corrected chi connectivity index (χ0v) is 15.5. The van der Waals surface area contributed by atoms with Gasteiger partial charge in [0.05, 0.1) is 26.4 Å². The number of hydrogen-bond acceptors (Lipinski definition) is 4. The van der Waals surface area contributed by atoms with E-state index in [4.69, 9.17) is 9.47 Å². The fourth-order valence-electron chi connectivity index (χ4n) is 4.13. The molecule has 0 aromatic heterocycles. The van der Waals surface area contributed by atoms with Crippen molar-refractivity contribution in [1.29, 1.82) is 0 Å². The highest BCUT2D eigenvalue weighted by molar-refractivity contribution is 4.92. The first-order valence-electron chi connectivity index (χ1n) is 9.93. The van der Waals surface area contributed by atoms with E-state index in [1.807, 2.05) is 0 Å². The van der Waals surface area contributed by atoms with Crippen LogP contribution in [0.3, 0.4) is 0 Å². The summed E-state index contributed by atoms with van der Waals surface area (Å²) in [4.78, 5) is 5.33. The van der Waals surface area contributed by atoms with Crippen LogP contribution in [-0.4, -0.2) is 74.5 Å². The van der Waals surface area contributed by atoms with Crippen LogP contribution in [0.25, 0.3) is 0 Å². The Morgan fingerprint density at radius 1 is 0.783 bits per heavy atom. The molecule has 136 valence electrons. The van der Waals surface area contributed by atoms with Gasteiger partial charge in [-0.25, -0.2) is 0 Å². The fraction of sp³-hybridized carbons (Fsp3) is 1.00. The molecular formula is C19H38N2O2. The van der Waals surface area contributed by atoms with Crippen molar-refractivity contribution in [2.24, 2.45) is 0 Å². The molecule has 0 bridgehead atoms. The van der Waals surface area contributed by atoms with Crippen molar-refractivity contribution < 1.29 is 9.47 Å². The molecule has 1 atom stereocenters. The second-order valence-corrected chi connectivity index (χ2v) is 7.28. The summed E-state index contributed by atoms with van der Waals surface area (Å²) in [5.74, 6) is 0. The highest BCUT2D eigenvalue weighted by Crippen LogP contribution is 2.31. The second kappa shape index (κ2) is 10.7. The smallest absolute Gasteiger partial charge is 0.0651 e. The second-order valence-electron chi connectivity index (χ2n) is 7.28. The first-order valence-corrected chi connectivity index (χ1v) is 9.93. The van der Waals surface area contributed by atoms with Crippen LogP contribution >= 0.6 is 0 Å². The van der Waals surface area contributed by atoms with E-state index in [2.05, 4.69) is 23.6 Å². The van der Waals surface area contributed by atoms with E-state index in [-0.39, 0.29) is 0 Å². The van der Waals surface area contributed by atoms with Gasteiger partial charge in [0.2, 0.25) is 0 Å². The Morgan fingerprint density at radius 3 is 2.26 bits per heavy atom. The van der Waals surface area contributed by atoms with Crippen LogP contribution in [0.1, 0.15) is 58.8 Å². The highest BCUT2D eigenvalue weighted by atomic mass is 16.5. The van der Waals surface area contributed by atoms with Crippen LogP contribution in [0.5, 0.6) is 0 Å². The molecule has 1 unspecified atom stereocenters. The number of hydrogen-bond donors (Lipinski definition) is 0. The van der Waals surface area contributed by atoms with Crippen LogP contribution in [0, 0.1) is 0 Å². The number of nitrogens with zero attached hydrogens (tertiary/aromatic N) is 2. The molecule has 0 aliphatic carbocycles. The minimum absolute atomic E-state index is 0.321. The van der Waals surface area contributed by atoms with Crippen molar-refractivity contribution in [3.05, 3.63) is 0 Å². The molecule has 2 rings (SSSR count). The molecule has 2 aliphatic heterocycles. The molecule has 2 aliphatic rings. The Balaban J connectivity index is 1.76. The maximum atomic E-state index is 5.90. The molecule has 0 radical (unpaired) electrons. The van der Waals surface area contributed by atoms with E-state index >= 15 is 0 Å². The Hall–Kier alpha value is -0.160. The largest absolute Gasteiger partial charge is 0.379 e. The molecular weight excluding hydrogens is 288 g/mol. The molecule has 4 heteroatoms. The van der Waals surface area contributed by atoms with E-state index in [0.717, 1.165) is 46.1 Å². The third-order valence-corrected chi connectivity index (χ3v) is 5.51. The van der Waals surface area contributed by atoms with Gasteiger partial charge in [-0.2, -0.15) is 0 Å². The number of rotatable bonds is 10. The Morgan fingerprint density at radius 2 is 1.52 bits per heavy atom. The van der Waals surface area contributed by atoms with Crippen LogP contribution in [-0.2, 0) is 9.47 Å². The fourth-order valence-corrected chi connectivity index (χ4v) is 4.13. The van der Waals surface area contributed by atoms with E-state index in [1.165, 1.54) is 58.0 Å². The molecule has 2 heterocycles. The molecule has 0 saturated carbocycles. The average molecular weight is 327 g/mol. The summed E-state index contributed by atoms with van der Waals surface area (Å²) in [5.41, 5.74) is 0.321.